The Morgan fingerprint density at radius 2 is 1.94 bits per heavy atom. The highest BCUT2D eigenvalue weighted by Crippen LogP contribution is 2.25. The van der Waals surface area contributed by atoms with Gasteiger partial charge < -0.3 is 5.73 Å². The lowest BCUT2D eigenvalue weighted by atomic mass is 9.89. The molecule has 2 unspecified atom stereocenters. The molecule has 1 heteroatoms. The van der Waals surface area contributed by atoms with Crippen LogP contribution in [0.4, 0.5) is 0 Å². The van der Waals surface area contributed by atoms with E-state index in [1.165, 1.54) is 36.0 Å². The van der Waals surface area contributed by atoms with Gasteiger partial charge in [-0.05, 0) is 54.8 Å². The third kappa shape index (κ3) is 4.45. The summed E-state index contributed by atoms with van der Waals surface area (Å²) in [5.41, 5.74) is 10.1. The molecule has 0 radical (unpaired) electrons. The van der Waals surface area contributed by atoms with Crippen molar-refractivity contribution in [3.8, 4) is 0 Å². The summed E-state index contributed by atoms with van der Waals surface area (Å²) in [4.78, 5) is 0. The second-order valence-corrected chi connectivity index (χ2v) is 5.78. The van der Waals surface area contributed by atoms with Crippen LogP contribution in [0.2, 0.25) is 0 Å². The minimum atomic E-state index is 0.577. The van der Waals surface area contributed by atoms with Crippen molar-refractivity contribution in [1.82, 2.24) is 0 Å². The zero-order valence-electron chi connectivity index (χ0n) is 12.5. The monoisotopic (exact) mass is 247 g/mol. The van der Waals surface area contributed by atoms with Crippen molar-refractivity contribution in [2.75, 3.05) is 6.54 Å². The summed E-state index contributed by atoms with van der Waals surface area (Å²) in [5, 5.41) is 0. The third-order valence-corrected chi connectivity index (χ3v) is 3.84. The second kappa shape index (κ2) is 7.58. The van der Waals surface area contributed by atoms with Gasteiger partial charge >= 0.3 is 0 Å². The van der Waals surface area contributed by atoms with Crippen LogP contribution in [0.5, 0.6) is 0 Å². The molecule has 2 atom stereocenters. The summed E-state index contributed by atoms with van der Waals surface area (Å²) in [5.74, 6) is 1.26. The molecule has 0 saturated heterocycles. The number of benzene rings is 1. The number of aryl methyl sites for hydroxylation is 1. The van der Waals surface area contributed by atoms with Crippen molar-refractivity contribution in [2.24, 2.45) is 11.7 Å². The van der Waals surface area contributed by atoms with Crippen LogP contribution < -0.4 is 5.73 Å². The summed E-state index contributed by atoms with van der Waals surface area (Å²) in [6.07, 6.45) is 5.01. The van der Waals surface area contributed by atoms with Gasteiger partial charge in [0, 0.05) is 0 Å². The molecule has 1 rings (SSSR count). The quantitative estimate of drug-likeness (QED) is 0.758. The molecule has 1 aromatic carbocycles. The minimum Gasteiger partial charge on any atom is -0.330 e. The molecule has 0 aliphatic rings. The van der Waals surface area contributed by atoms with Crippen molar-refractivity contribution >= 4 is 0 Å². The highest BCUT2D eigenvalue weighted by molar-refractivity contribution is 5.33. The molecule has 1 aromatic rings. The van der Waals surface area contributed by atoms with Gasteiger partial charge in [-0.1, -0.05) is 51.8 Å². The Balaban J connectivity index is 2.72. The molecule has 0 amide bonds. The van der Waals surface area contributed by atoms with Crippen molar-refractivity contribution in [3.63, 3.8) is 0 Å². The average molecular weight is 247 g/mol. The molecular formula is C17H29N. The Bertz CT molecular complexity index is 357. The number of rotatable bonds is 7. The summed E-state index contributed by atoms with van der Waals surface area (Å²) >= 11 is 0. The predicted octanol–water partition coefficient (Wildman–Crippen LogP) is 4.43. The molecule has 0 aliphatic heterocycles. The molecule has 0 heterocycles. The highest BCUT2D eigenvalue weighted by Gasteiger charge is 2.09. The van der Waals surface area contributed by atoms with Crippen LogP contribution in [-0.2, 0) is 6.42 Å². The topological polar surface area (TPSA) is 26.0 Å². The molecule has 0 aliphatic carbocycles. The van der Waals surface area contributed by atoms with Crippen molar-refractivity contribution in [2.45, 2.75) is 59.3 Å². The van der Waals surface area contributed by atoms with E-state index in [1.54, 1.807) is 0 Å². The van der Waals surface area contributed by atoms with E-state index in [1.807, 2.05) is 0 Å². The molecule has 0 bridgehead atoms. The van der Waals surface area contributed by atoms with E-state index < -0.39 is 0 Å². The number of hydrogen-bond donors (Lipinski definition) is 1. The Kier molecular flexibility index (Phi) is 6.42. The first kappa shape index (κ1) is 15.2. The maximum atomic E-state index is 5.69. The van der Waals surface area contributed by atoms with Crippen LogP contribution in [0, 0.1) is 12.8 Å². The Hall–Kier alpha value is -0.820. The van der Waals surface area contributed by atoms with Crippen LogP contribution in [0.25, 0.3) is 0 Å². The SMILES string of the molecule is CCCCC(C)c1ccc(CC(C)CN)cc1C. The smallest absolute Gasteiger partial charge is 0.00483 e. The van der Waals surface area contributed by atoms with Gasteiger partial charge in [0.15, 0.2) is 0 Å². The van der Waals surface area contributed by atoms with E-state index in [2.05, 4.69) is 45.9 Å². The number of hydrogen-bond acceptors (Lipinski definition) is 1. The highest BCUT2D eigenvalue weighted by atomic mass is 14.5. The molecule has 2 N–H and O–H groups in total. The van der Waals surface area contributed by atoms with Crippen LogP contribution in [-0.4, -0.2) is 6.54 Å². The Morgan fingerprint density at radius 3 is 2.50 bits per heavy atom. The fraction of sp³-hybridized carbons (Fsp3) is 0.647. The first-order chi connectivity index (χ1) is 8.58. The van der Waals surface area contributed by atoms with E-state index in [9.17, 15) is 0 Å². The van der Waals surface area contributed by atoms with Gasteiger partial charge in [-0.25, -0.2) is 0 Å². The fourth-order valence-corrected chi connectivity index (χ4v) is 2.57. The number of nitrogens with two attached hydrogens (primary N) is 1. The van der Waals surface area contributed by atoms with Gasteiger partial charge in [0.1, 0.15) is 0 Å². The van der Waals surface area contributed by atoms with Crippen LogP contribution in [0.15, 0.2) is 18.2 Å². The molecule has 0 aromatic heterocycles. The van der Waals surface area contributed by atoms with E-state index >= 15 is 0 Å². The standard InChI is InChI=1S/C17H29N/c1-5-6-7-14(3)17-9-8-16(11-15(17)4)10-13(2)12-18/h8-9,11,13-14H,5-7,10,12,18H2,1-4H3. The Morgan fingerprint density at radius 1 is 1.22 bits per heavy atom. The third-order valence-electron chi connectivity index (χ3n) is 3.84. The van der Waals surface area contributed by atoms with Gasteiger partial charge in [-0.3, -0.25) is 0 Å². The maximum Gasteiger partial charge on any atom is -0.00483 e. The van der Waals surface area contributed by atoms with Crippen LogP contribution in [0.3, 0.4) is 0 Å². The Labute approximate surface area is 113 Å². The molecule has 0 spiro atoms. The first-order valence-corrected chi connectivity index (χ1v) is 7.38. The lowest BCUT2D eigenvalue weighted by Crippen LogP contribution is -2.13. The van der Waals surface area contributed by atoms with Gasteiger partial charge in [0.2, 0.25) is 0 Å². The first-order valence-electron chi connectivity index (χ1n) is 7.38. The predicted molar refractivity (Wildman–Crippen MR) is 81.0 cm³/mol. The van der Waals surface area contributed by atoms with E-state index in [0.29, 0.717) is 11.8 Å². The van der Waals surface area contributed by atoms with Gasteiger partial charge in [0.05, 0.1) is 0 Å². The van der Waals surface area contributed by atoms with E-state index in [-0.39, 0.29) is 0 Å². The largest absolute Gasteiger partial charge is 0.330 e. The zero-order chi connectivity index (χ0) is 13.5. The van der Waals surface area contributed by atoms with Crippen molar-refractivity contribution in [1.29, 1.82) is 0 Å². The maximum absolute atomic E-state index is 5.69. The van der Waals surface area contributed by atoms with E-state index in [0.717, 1.165) is 13.0 Å². The van der Waals surface area contributed by atoms with Gasteiger partial charge in [-0.2, -0.15) is 0 Å². The molecule has 1 nitrogen and oxygen atoms in total. The van der Waals surface area contributed by atoms with Crippen LogP contribution >= 0.6 is 0 Å². The summed E-state index contributed by atoms with van der Waals surface area (Å²) in [6, 6.07) is 6.97. The zero-order valence-corrected chi connectivity index (χ0v) is 12.5. The fourth-order valence-electron chi connectivity index (χ4n) is 2.57. The summed E-state index contributed by atoms with van der Waals surface area (Å²) < 4.78 is 0. The van der Waals surface area contributed by atoms with Gasteiger partial charge in [0.25, 0.3) is 0 Å². The molecule has 0 saturated carbocycles. The summed E-state index contributed by atoms with van der Waals surface area (Å²) in [7, 11) is 0. The van der Waals surface area contributed by atoms with Crippen LogP contribution in [0.1, 0.15) is 62.6 Å². The lowest BCUT2D eigenvalue weighted by molar-refractivity contribution is 0.591. The molecular weight excluding hydrogens is 218 g/mol. The molecule has 0 fully saturated rings. The average Bonchev–Trinajstić information content (AvgIpc) is 2.36. The van der Waals surface area contributed by atoms with Gasteiger partial charge in [-0.15, -0.1) is 0 Å². The minimum absolute atomic E-state index is 0.577. The van der Waals surface area contributed by atoms with E-state index in [4.69, 9.17) is 5.73 Å². The molecule has 18 heavy (non-hydrogen) atoms. The van der Waals surface area contributed by atoms with Crippen molar-refractivity contribution in [3.05, 3.63) is 34.9 Å². The lowest BCUT2D eigenvalue weighted by Gasteiger charge is -2.16. The molecule has 102 valence electrons. The number of unbranched alkanes of at least 4 members (excludes halogenated alkanes) is 1. The summed E-state index contributed by atoms with van der Waals surface area (Å²) in [6.45, 7) is 9.84. The second-order valence-electron chi connectivity index (χ2n) is 5.78. The van der Waals surface area contributed by atoms with Crippen molar-refractivity contribution < 1.29 is 0 Å². The normalized spacial score (nSPS) is 14.5.